The van der Waals surface area contributed by atoms with E-state index in [-0.39, 0.29) is 44.8 Å². The Bertz CT molecular complexity index is 1380. The summed E-state index contributed by atoms with van der Waals surface area (Å²) in [7, 11) is -4.67. The molecule has 1 aromatic carbocycles. The molecule has 1 aromatic heterocycles. The molecule has 51 heavy (non-hydrogen) atoms. The third-order valence-electron chi connectivity index (χ3n) is 13.2. The van der Waals surface area contributed by atoms with Crippen molar-refractivity contribution in [2.45, 2.75) is 199 Å². The van der Waals surface area contributed by atoms with Crippen molar-refractivity contribution in [2.24, 2.45) is 5.41 Å². The highest BCUT2D eigenvalue weighted by molar-refractivity contribution is 7.19. The summed E-state index contributed by atoms with van der Waals surface area (Å²) in [4.78, 5) is 13.2. The molecule has 1 aliphatic carbocycles. The zero-order chi connectivity index (χ0) is 38.7. The molecule has 0 saturated heterocycles. The highest BCUT2D eigenvalue weighted by Gasteiger charge is 2.53. The lowest BCUT2D eigenvalue weighted by Crippen LogP contribution is -2.48. The average molecular weight is 777 g/mol. The molecule has 3 unspecified atom stereocenters. The number of carbonyl (C=O) groups excluding carboxylic acids is 1. The topological polar surface area (TPSA) is 54.0 Å². The van der Waals surface area contributed by atoms with E-state index in [1.54, 1.807) is 0 Å². The van der Waals surface area contributed by atoms with Gasteiger partial charge in [-0.2, -0.15) is 0 Å². The van der Waals surface area contributed by atoms with Crippen molar-refractivity contribution in [3.63, 3.8) is 0 Å². The Morgan fingerprint density at radius 1 is 0.804 bits per heavy atom. The lowest BCUT2D eigenvalue weighted by atomic mass is 9.74. The van der Waals surface area contributed by atoms with Crippen molar-refractivity contribution in [2.75, 3.05) is 7.11 Å². The molecule has 2 aromatic rings. The van der Waals surface area contributed by atoms with E-state index >= 15 is 0 Å². The van der Waals surface area contributed by atoms with Crippen LogP contribution in [0, 0.1) is 5.41 Å². The van der Waals surface area contributed by atoms with E-state index in [1.165, 1.54) is 22.1 Å². The molecule has 0 N–H and O–H groups in total. The maximum Gasteiger partial charge on any atom is 0.305 e. The van der Waals surface area contributed by atoms with Gasteiger partial charge in [-0.05, 0) is 116 Å². The van der Waals surface area contributed by atoms with E-state index in [9.17, 15) is 4.79 Å². The Morgan fingerprint density at radius 3 is 1.94 bits per heavy atom. The Balaban J connectivity index is 2.05. The number of ether oxygens (including phenoxy) is 1. The minimum Gasteiger partial charge on any atom is -0.469 e. The molecule has 1 aliphatic rings. The number of thiophene rings is 1. The zero-order valence-electron chi connectivity index (χ0n) is 35.6. The fourth-order valence-electron chi connectivity index (χ4n) is 6.77. The van der Waals surface area contributed by atoms with E-state index in [2.05, 4.69) is 132 Å². The smallest absolute Gasteiger partial charge is 0.305 e. The zero-order valence-corrected chi connectivity index (χ0v) is 39.5. The molecule has 4 atom stereocenters. The summed E-state index contributed by atoms with van der Waals surface area (Å²) < 4.78 is 28.5. The fourth-order valence-corrected chi connectivity index (χ4v) is 12.1. The maximum absolute atomic E-state index is 11.8. The molecule has 0 amide bonds. The second-order valence-electron chi connectivity index (χ2n) is 20.3. The van der Waals surface area contributed by atoms with Crippen LogP contribution < -0.4 is 0 Å². The second kappa shape index (κ2) is 16.9. The lowest BCUT2D eigenvalue weighted by Gasteiger charge is -2.45. The van der Waals surface area contributed by atoms with Crippen LogP contribution in [-0.4, -0.2) is 50.2 Å². The first kappa shape index (κ1) is 44.6. The number of carbonyl (C=O) groups is 1. The Labute approximate surface area is 320 Å². The minimum absolute atomic E-state index is 0.00335. The summed E-state index contributed by atoms with van der Waals surface area (Å²) in [5.41, 5.74) is -0.00335. The van der Waals surface area contributed by atoms with Crippen molar-refractivity contribution in [3.8, 4) is 0 Å². The van der Waals surface area contributed by atoms with Crippen LogP contribution in [0.3, 0.4) is 0 Å². The molecule has 1 fully saturated rings. The van der Waals surface area contributed by atoms with Crippen LogP contribution in [0.15, 0.2) is 30.3 Å². The van der Waals surface area contributed by atoms with Gasteiger partial charge in [-0.3, -0.25) is 4.79 Å². The molecule has 0 aliphatic heterocycles. The van der Waals surface area contributed by atoms with E-state index < -0.39 is 25.0 Å². The number of rotatable bonds is 17. The van der Waals surface area contributed by atoms with Crippen molar-refractivity contribution in [3.05, 3.63) is 35.2 Å². The SMILES string of the molecule is COC(=O)CCCCCCC1(CC[C@@H](O[Si](C)(C)C(C)(C)C)c2cc3ccccc3s2)CC(O[Si](C)(C)C(C)(C)C)CC1O[Si](C)(C)C(C)(C)C. The number of fused-ring (bicyclic) bond motifs is 1. The van der Waals surface area contributed by atoms with Crippen molar-refractivity contribution in [1.29, 1.82) is 0 Å². The van der Waals surface area contributed by atoms with Crippen molar-refractivity contribution < 1.29 is 22.8 Å². The molecule has 1 saturated carbocycles. The molecular formula is C42H76O5SSi3. The molecule has 0 bridgehead atoms. The van der Waals surface area contributed by atoms with Crippen LogP contribution in [0.5, 0.6) is 0 Å². The lowest BCUT2D eigenvalue weighted by molar-refractivity contribution is -0.140. The molecule has 0 radical (unpaired) electrons. The van der Waals surface area contributed by atoms with Crippen LogP contribution in [0.2, 0.25) is 54.4 Å². The van der Waals surface area contributed by atoms with Crippen LogP contribution in [0.4, 0.5) is 0 Å². The third kappa shape index (κ3) is 11.6. The van der Waals surface area contributed by atoms with Crippen LogP contribution in [0.1, 0.15) is 138 Å². The fraction of sp³-hybridized carbons (Fsp3) is 0.786. The summed E-state index contributed by atoms with van der Waals surface area (Å²) in [6.07, 6.45) is 10.2. The largest absolute Gasteiger partial charge is 0.469 e. The standard InChI is InChI=1S/C42H76O5SSi3/c1-39(2,3)49(11,12)45-33-30-37(47-51(15,16)41(7,8)9)42(31-33,27-22-18-17-19-25-38(43)44-10)28-26-34(46-50(13,14)40(4,5)6)36-29-32-23-20-21-24-35(32)48-36/h20-21,23-24,29,33-34,37H,17-19,22,25-28,30-31H2,1-16H3/t33?,34-,37?,42?/m1/s1. The first-order chi connectivity index (χ1) is 23.2. The molecule has 3 rings (SSSR count). The Morgan fingerprint density at radius 2 is 1.37 bits per heavy atom. The predicted molar refractivity (Wildman–Crippen MR) is 228 cm³/mol. The van der Waals surface area contributed by atoms with Crippen LogP contribution in [0.25, 0.3) is 10.1 Å². The summed E-state index contributed by atoms with van der Waals surface area (Å²) in [6, 6.07) is 11.2. The van der Waals surface area contributed by atoms with Gasteiger partial charge in [-0.1, -0.05) is 99.8 Å². The summed E-state index contributed by atoms with van der Waals surface area (Å²) >= 11 is 1.91. The Kier molecular flexibility index (Phi) is 14.8. The molecule has 292 valence electrons. The van der Waals surface area contributed by atoms with Gasteiger partial charge in [0.25, 0.3) is 0 Å². The van der Waals surface area contributed by atoms with Gasteiger partial charge in [-0.15, -0.1) is 11.3 Å². The van der Waals surface area contributed by atoms with Gasteiger partial charge in [0.05, 0.1) is 19.3 Å². The Hall–Kier alpha value is -0.819. The molecule has 0 spiro atoms. The van der Waals surface area contributed by atoms with Crippen LogP contribution >= 0.6 is 11.3 Å². The predicted octanol–water partition coefficient (Wildman–Crippen LogP) is 13.8. The molecule has 1 heterocycles. The number of esters is 1. The molecular weight excluding hydrogens is 701 g/mol. The molecule has 5 nitrogen and oxygen atoms in total. The van der Waals surface area contributed by atoms with Crippen molar-refractivity contribution in [1.82, 2.24) is 0 Å². The highest BCUT2D eigenvalue weighted by Crippen LogP contribution is 2.55. The average Bonchev–Trinajstić information content (AvgIpc) is 3.56. The van der Waals surface area contributed by atoms with E-state index in [0.29, 0.717) is 6.42 Å². The number of unbranched alkanes of at least 4 members (excludes halogenated alkanes) is 3. The quantitative estimate of drug-likeness (QED) is 0.0910. The number of benzene rings is 1. The monoisotopic (exact) mass is 776 g/mol. The van der Waals surface area contributed by atoms with Gasteiger partial charge in [-0.25, -0.2) is 0 Å². The third-order valence-corrected chi connectivity index (χ3v) is 28.0. The second-order valence-corrected chi connectivity index (χ2v) is 35.6. The minimum atomic E-state index is -2.08. The van der Waals surface area contributed by atoms with Gasteiger partial charge in [0.1, 0.15) is 0 Å². The first-order valence-electron chi connectivity index (χ1n) is 19.8. The van der Waals surface area contributed by atoms with Crippen molar-refractivity contribution >= 4 is 52.3 Å². The van der Waals surface area contributed by atoms with Gasteiger partial charge < -0.3 is 18.0 Å². The van der Waals surface area contributed by atoms with E-state index in [0.717, 1.165) is 57.8 Å². The highest BCUT2D eigenvalue weighted by atomic mass is 32.1. The maximum atomic E-state index is 11.8. The number of hydrogen-bond donors (Lipinski definition) is 0. The number of hydrogen-bond acceptors (Lipinski definition) is 6. The van der Waals surface area contributed by atoms with E-state index in [4.69, 9.17) is 18.0 Å². The summed E-state index contributed by atoms with van der Waals surface area (Å²) in [5, 5.41) is 1.70. The van der Waals surface area contributed by atoms with Gasteiger partial charge >= 0.3 is 5.97 Å². The van der Waals surface area contributed by atoms with E-state index in [1.807, 2.05) is 11.3 Å². The van der Waals surface area contributed by atoms with Crippen LogP contribution in [-0.2, 0) is 22.8 Å². The summed E-state index contributed by atoms with van der Waals surface area (Å²) in [5.74, 6) is -0.107. The van der Waals surface area contributed by atoms with Gasteiger partial charge in [0.15, 0.2) is 25.0 Å². The molecule has 9 heteroatoms. The number of methoxy groups -OCH3 is 1. The summed E-state index contributed by atoms with van der Waals surface area (Å²) in [6.45, 7) is 35.7. The normalized spacial score (nSPS) is 21.7. The van der Waals surface area contributed by atoms with Gasteiger partial charge in [0, 0.05) is 22.1 Å². The van der Waals surface area contributed by atoms with Gasteiger partial charge in [0.2, 0.25) is 0 Å². The first-order valence-corrected chi connectivity index (χ1v) is 29.4.